The zero-order chi connectivity index (χ0) is 19.4. The first-order chi connectivity index (χ1) is 12.9. The van der Waals surface area contributed by atoms with Crippen LogP contribution in [-0.4, -0.2) is 29.2 Å². The minimum absolute atomic E-state index is 0.0453. The number of aliphatic hydroxyl groups excluding tert-OH is 1. The lowest BCUT2D eigenvalue weighted by atomic mass is 9.81. The maximum Gasteiger partial charge on any atom is 0.318 e. The molecule has 1 heterocycles. The topological polar surface area (TPSA) is 52.6 Å². The van der Waals surface area contributed by atoms with Crippen molar-refractivity contribution in [3.63, 3.8) is 0 Å². The van der Waals surface area contributed by atoms with Gasteiger partial charge in [0.05, 0.1) is 11.6 Å². The molecule has 1 fully saturated rings. The number of benzene rings is 2. The summed E-state index contributed by atoms with van der Waals surface area (Å²) in [4.78, 5) is 14.7. The van der Waals surface area contributed by atoms with E-state index >= 15 is 0 Å². The number of halogens is 2. The highest BCUT2D eigenvalue weighted by Gasteiger charge is 2.40. The third kappa shape index (κ3) is 4.25. The predicted molar refractivity (Wildman–Crippen MR) is 104 cm³/mol. The highest BCUT2D eigenvalue weighted by atomic mass is 35.5. The lowest BCUT2D eigenvalue weighted by Gasteiger charge is -2.45. The third-order valence-corrected chi connectivity index (χ3v) is 5.62. The van der Waals surface area contributed by atoms with Crippen molar-refractivity contribution >= 4 is 17.6 Å². The fraction of sp³-hybridized carbons (Fsp3) is 0.381. The Bertz CT molecular complexity index is 782. The maximum atomic E-state index is 13.3. The summed E-state index contributed by atoms with van der Waals surface area (Å²) in [5.41, 5.74) is 1.28. The molecule has 0 bridgehead atoms. The molecule has 2 aromatic rings. The van der Waals surface area contributed by atoms with Gasteiger partial charge in [-0.15, -0.1) is 0 Å². The molecule has 2 N–H and O–H groups in total. The number of nitrogens with one attached hydrogen (secondary N) is 1. The largest absolute Gasteiger partial charge is 0.396 e. The Morgan fingerprint density at radius 2 is 1.89 bits per heavy atom. The molecule has 27 heavy (non-hydrogen) atoms. The second-order valence-electron chi connectivity index (χ2n) is 7.02. The Balaban J connectivity index is 1.81. The van der Waals surface area contributed by atoms with Gasteiger partial charge in [0.15, 0.2) is 0 Å². The van der Waals surface area contributed by atoms with Crippen LogP contribution in [0.3, 0.4) is 0 Å². The molecule has 1 saturated heterocycles. The summed E-state index contributed by atoms with van der Waals surface area (Å²) >= 11 is 5.96. The number of carbonyl (C=O) groups excluding carboxylic acids is 1. The zero-order valence-electron chi connectivity index (χ0n) is 15.3. The van der Waals surface area contributed by atoms with E-state index in [9.17, 15) is 14.3 Å². The van der Waals surface area contributed by atoms with E-state index in [0.29, 0.717) is 30.8 Å². The molecule has 2 amide bonds. The van der Waals surface area contributed by atoms with E-state index in [1.807, 2.05) is 31.2 Å². The predicted octanol–water partition coefficient (Wildman–Crippen LogP) is 4.62. The van der Waals surface area contributed by atoms with Crippen molar-refractivity contribution in [3.05, 3.63) is 70.5 Å². The van der Waals surface area contributed by atoms with Crippen LogP contribution in [0, 0.1) is 5.82 Å². The first kappa shape index (κ1) is 19.6. The van der Waals surface area contributed by atoms with Crippen molar-refractivity contribution in [2.75, 3.05) is 13.2 Å². The van der Waals surface area contributed by atoms with Crippen molar-refractivity contribution in [1.82, 2.24) is 10.2 Å². The fourth-order valence-corrected chi connectivity index (χ4v) is 3.87. The van der Waals surface area contributed by atoms with E-state index < -0.39 is 5.54 Å². The van der Waals surface area contributed by atoms with Gasteiger partial charge in [0.2, 0.25) is 0 Å². The molecular formula is C21H24ClFN2O2. The van der Waals surface area contributed by atoms with Crippen LogP contribution in [0.5, 0.6) is 0 Å². The summed E-state index contributed by atoms with van der Waals surface area (Å²) in [7, 11) is 0. The quantitative estimate of drug-likeness (QED) is 0.755. The molecule has 0 radical (unpaired) electrons. The minimum atomic E-state index is -0.594. The SMILES string of the molecule is CC(c1ccc(Cl)cc1)N1CCC(CCCO)(c2ccc(F)cc2)NC1=O. The van der Waals surface area contributed by atoms with Crippen LogP contribution in [0.1, 0.15) is 43.4 Å². The molecule has 6 heteroatoms. The van der Waals surface area contributed by atoms with Crippen LogP contribution < -0.4 is 5.32 Å². The standard InChI is InChI=1S/C21H24ClFN2O2/c1-15(16-3-7-18(22)8-4-16)25-13-12-21(11-2-14-26,24-20(25)27)17-5-9-19(23)10-6-17/h3-10,15,26H,2,11-14H2,1H3,(H,24,27). The number of amides is 2. The molecule has 0 aromatic heterocycles. The molecule has 0 spiro atoms. The fourth-order valence-electron chi connectivity index (χ4n) is 3.74. The lowest BCUT2D eigenvalue weighted by molar-refractivity contribution is 0.117. The van der Waals surface area contributed by atoms with Crippen molar-refractivity contribution in [2.45, 2.75) is 37.8 Å². The smallest absolute Gasteiger partial charge is 0.318 e. The highest BCUT2D eigenvalue weighted by molar-refractivity contribution is 6.30. The number of carbonyl (C=O) groups is 1. The van der Waals surface area contributed by atoms with Crippen molar-refractivity contribution in [1.29, 1.82) is 0 Å². The number of urea groups is 1. The molecule has 2 unspecified atom stereocenters. The van der Waals surface area contributed by atoms with E-state index in [4.69, 9.17) is 11.6 Å². The number of rotatable bonds is 6. The Labute approximate surface area is 164 Å². The summed E-state index contributed by atoms with van der Waals surface area (Å²) in [5.74, 6) is -0.309. The van der Waals surface area contributed by atoms with Gasteiger partial charge in [0, 0.05) is 18.2 Å². The van der Waals surface area contributed by atoms with E-state index in [1.54, 1.807) is 17.0 Å². The molecule has 4 nitrogen and oxygen atoms in total. The number of aliphatic hydroxyl groups is 1. The second-order valence-corrected chi connectivity index (χ2v) is 7.45. The summed E-state index contributed by atoms with van der Waals surface area (Å²) in [6.45, 7) is 2.60. The van der Waals surface area contributed by atoms with Crippen molar-refractivity contribution < 1.29 is 14.3 Å². The van der Waals surface area contributed by atoms with Gasteiger partial charge in [0.25, 0.3) is 0 Å². The van der Waals surface area contributed by atoms with Crippen molar-refractivity contribution in [2.24, 2.45) is 0 Å². The third-order valence-electron chi connectivity index (χ3n) is 5.36. The van der Waals surface area contributed by atoms with Gasteiger partial charge in [-0.3, -0.25) is 0 Å². The average molecular weight is 391 g/mol. The monoisotopic (exact) mass is 390 g/mol. The molecule has 2 atom stereocenters. The molecule has 0 aliphatic carbocycles. The lowest BCUT2D eigenvalue weighted by Crippen LogP contribution is -2.58. The van der Waals surface area contributed by atoms with Crippen LogP contribution in [-0.2, 0) is 5.54 Å². The molecule has 1 aliphatic heterocycles. The number of hydrogen-bond donors (Lipinski definition) is 2. The zero-order valence-corrected chi connectivity index (χ0v) is 16.0. The molecule has 3 rings (SSSR count). The van der Waals surface area contributed by atoms with Crippen LogP contribution in [0.4, 0.5) is 9.18 Å². The summed E-state index contributed by atoms with van der Waals surface area (Å²) in [6, 6.07) is 13.5. The van der Waals surface area contributed by atoms with Gasteiger partial charge in [-0.25, -0.2) is 9.18 Å². The van der Waals surface area contributed by atoms with E-state index in [2.05, 4.69) is 5.32 Å². The van der Waals surface area contributed by atoms with Crippen molar-refractivity contribution in [3.8, 4) is 0 Å². The van der Waals surface area contributed by atoms with Gasteiger partial charge in [-0.05, 0) is 61.6 Å². The van der Waals surface area contributed by atoms with Crippen LogP contribution in [0.2, 0.25) is 5.02 Å². The van der Waals surface area contributed by atoms with Gasteiger partial charge in [-0.1, -0.05) is 35.9 Å². The van der Waals surface area contributed by atoms with Crippen LogP contribution >= 0.6 is 11.6 Å². The molecule has 0 saturated carbocycles. The molecule has 1 aliphatic rings. The van der Waals surface area contributed by atoms with E-state index in [-0.39, 0.29) is 24.5 Å². The highest BCUT2D eigenvalue weighted by Crippen LogP contribution is 2.36. The van der Waals surface area contributed by atoms with Gasteiger partial charge in [0.1, 0.15) is 5.82 Å². The Kier molecular flexibility index (Phi) is 6.02. The summed E-state index contributed by atoms with van der Waals surface area (Å²) in [6.07, 6.45) is 1.84. The van der Waals surface area contributed by atoms with Crippen LogP contribution in [0.15, 0.2) is 48.5 Å². The first-order valence-electron chi connectivity index (χ1n) is 9.16. The minimum Gasteiger partial charge on any atom is -0.396 e. The van der Waals surface area contributed by atoms with Gasteiger partial charge in [-0.2, -0.15) is 0 Å². The van der Waals surface area contributed by atoms with Gasteiger partial charge < -0.3 is 15.3 Å². The molecule has 144 valence electrons. The first-order valence-corrected chi connectivity index (χ1v) is 9.54. The summed E-state index contributed by atoms with van der Waals surface area (Å²) in [5, 5.41) is 13.1. The number of nitrogens with zero attached hydrogens (tertiary/aromatic N) is 1. The molecular weight excluding hydrogens is 367 g/mol. The average Bonchev–Trinajstić information content (AvgIpc) is 2.67. The van der Waals surface area contributed by atoms with E-state index in [0.717, 1.165) is 11.1 Å². The Hall–Kier alpha value is -2.11. The van der Waals surface area contributed by atoms with E-state index in [1.165, 1.54) is 12.1 Å². The Morgan fingerprint density at radius 1 is 1.22 bits per heavy atom. The normalized spacial score (nSPS) is 21.0. The Morgan fingerprint density at radius 3 is 2.48 bits per heavy atom. The molecule has 2 aromatic carbocycles. The maximum absolute atomic E-state index is 13.3. The number of hydrogen-bond acceptors (Lipinski definition) is 2. The van der Waals surface area contributed by atoms with Crippen LogP contribution in [0.25, 0.3) is 0 Å². The summed E-state index contributed by atoms with van der Waals surface area (Å²) < 4.78 is 13.3. The second kappa shape index (κ2) is 8.28. The van der Waals surface area contributed by atoms with Gasteiger partial charge >= 0.3 is 6.03 Å².